The van der Waals surface area contributed by atoms with Crippen LogP contribution in [0.3, 0.4) is 0 Å². The topological polar surface area (TPSA) is 49.6 Å². The summed E-state index contributed by atoms with van der Waals surface area (Å²) in [6, 6.07) is 14.7. The van der Waals surface area contributed by atoms with Crippen molar-refractivity contribution in [1.82, 2.24) is 19.6 Å². The molecule has 26 heavy (non-hydrogen) atoms. The minimum atomic E-state index is -0.0744. The molecule has 0 bridgehead atoms. The monoisotopic (exact) mass is 348 g/mol. The predicted molar refractivity (Wildman–Crippen MR) is 102 cm³/mol. The Morgan fingerprint density at radius 2 is 1.92 bits per heavy atom. The van der Waals surface area contributed by atoms with Crippen LogP contribution < -0.4 is 5.32 Å². The quantitative estimate of drug-likeness (QED) is 0.788. The van der Waals surface area contributed by atoms with Gasteiger partial charge in [0.25, 0.3) is 5.91 Å². The lowest BCUT2D eigenvalue weighted by Gasteiger charge is -2.32. The Morgan fingerprint density at radius 1 is 1.15 bits per heavy atom. The molecule has 1 aliphatic rings. The molecule has 0 saturated carbocycles. The molecule has 1 aromatic carbocycles. The zero-order valence-electron chi connectivity index (χ0n) is 15.1. The van der Waals surface area contributed by atoms with Crippen LogP contribution in [0.2, 0.25) is 0 Å². The summed E-state index contributed by atoms with van der Waals surface area (Å²) in [4.78, 5) is 19.5. The largest absolute Gasteiger partial charge is 0.348 e. The second kappa shape index (κ2) is 7.30. The van der Waals surface area contributed by atoms with Gasteiger partial charge in [0.1, 0.15) is 11.3 Å². The number of carbonyl (C=O) groups excluding carboxylic acids is 1. The first-order chi connectivity index (χ1) is 12.7. The summed E-state index contributed by atoms with van der Waals surface area (Å²) in [5.74, 6) is -0.0744. The molecule has 5 heteroatoms. The van der Waals surface area contributed by atoms with Gasteiger partial charge in [-0.05, 0) is 37.0 Å². The molecule has 5 nitrogen and oxygen atoms in total. The van der Waals surface area contributed by atoms with Gasteiger partial charge < -0.3 is 9.72 Å². The van der Waals surface area contributed by atoms with E-state index in [1.54, 1.807) is 0 Å². The number of hydrogen-bond acceptors (Lipinski definition) is 3. The van der Waals surface area contributed by atoms with Crippen LogP contribution in [0.4, 0.5) is 0 Å². The van der Waals surface area contributed by atoms with Crippen molar-refractivity contribution < 1.29 is 4.79 Å². The van der Waals surface area contributed by atoms with Gasteiger partial charge in [0.05, 0.1) is 0 Å². The number of pyridine rings is 1. The zero-order chi connectivity index (χ0) is 17.9. The van der Waals surface area contributed by atoms with Crippen LogP contribution in [0.5, 0.6) is 0 Å². The maximum absolute atomic E-state index is 12.6. The third kappa shape index (κ3) is 3.63. The van der Waals surface area contributed by atoms with E-state index in [0.717, 1.165) is 43.7 Å². The number of amides is 1. The third-order valence-corrected chi connectivity index (χ3v) is 5.08. The fraction of sp³-hybridized carbons (Fsp3) is 0.333. The van der Waals surface area contributed by atoms with Gasteiger partial charge in [0.2, 0.25) is 0 Å². The normalized spacial score (nSPS) is 16.0. The first-order valence-corrected chi connectivity index (χ1v) is 9.20. The van der Waals surface area contributed by atoms with Gasteiger partial charge in [-0.2, -0.15) is 0 Å². The lowest BCUT2D eigenvalue weighted by atomic mass is 10.0. The average Bonchev–Trinajstić information content (AvgIpc) is 3.10. The fourth-order valence-electron chi connectivity index (χ4n) is 3.60. The smallest absolute Gasteiger partial charge is 0.271 e. The fourth-order valence-corrected chi connectivity index (χ4v) is 3.60. The van der Waals surface area contributed by atoms with E-state index in [1.165, 1.54) is 5.56 Å². The van der Waals surface area contributed by atoms with E-state index in [2.05, 4.69) is 39.5 Å². The number of aryl methyl sites for hydroxylation is 1. The molecule has 2 aromatic heterocycles. The standard InChI is InChI=1S/C21H24N4O/c1-16-6-5-11-25-15-19(23-20(16)25)21(26)22-18-9-12-24(13-10-18)14-17-7-3-2-4-8-17/h2-8,11,15,18H,9-10,12-14H2,1H3,(H,22,26). The summed E-state index contributed by atoms with van der Waals surface area (Å²) in [5.41, 5.74) is 3.75. The molecule has 0 spiro atoms. The van der Waals surface area contributed by atoms with E-state index in [-0.39, 0.29) is 11.9 Å². The Hall–Kier alpha value is -2.66. The van der Waals surface area contributed by atoms with Crippen molar-refractivity contribution in [3.05, 3.63) is 71.7 Å². The maximum atomic E-state index is 12.6. The molecule has 0 atom stereocenters. The van der Waals surface area contributed by atoms with Crippen molar-refractivity contribution in [2.75, 3.05) is 13.1 Å². The maximum Gasteiger partial charge on any atom is 0.271 e. The van der Waals surface area contributed by atoms with Crippen molar-refractivity contribution in [3.8, 4) is 0 Å². The average molecular weight is 348 g/mol. The van der Waals surface area contributed by atoms with E-state index < -0.39 is 0 Å². The van der Waals surface area contributed by atoms with Crippen molar-refractivity contribution >= 4 is 11.6 Å². The predicted octanol–water partition coefficient (Wildman–Crippen LogP) is 3.04. The van der Waals surface area contributed by atoms with Gasteiger partial charge in [-0.15, -0.1) is 0 Å². The molecule has 3 heterocycles. The lowest BCUT2D eigenvalue weighted by Crippen LogP contribution is -2.44. The van der Waals surface area contributed by atoms with Gasteiger partial charge in [-0.1, -0.05) is 36.4 Å². The number of carbonyl (C=O) groups is 1. The summed E-state index contributed by atoms with van der Waals surface area (Å²) in [7, 11) is 0. The van der Waals surface area contributed by atoms with Crippen molar-refractivity contribution in [3.63, 3.8) is 0 Å². The van der Waals surface area contributed by atoms with Gasteiger partial charge >= 0.3 is 0 Å². The molecule has 134 valence electrons. The van der Waals surface area contributed by atoms with E-state index in [4.69, 9.17) is 0 Å². The van der Waals surface area contributed by atoms with Crippen molar-refractivity contribution in [2.24, 2.45) is 0 Å². The highest BCUT2D eigenvalue weighted by Crippen LogP contribution is 2.15. The second-order valence-corrected chi connectivity index (χ2v) is 7.06. The summed E-state index contributed by atoms with van der Waals surface area (Å²) in [6.07, 6.45) is 5.69. The first-order valence-electron chi connectivity index (χ1n) is 9.20. The number of imidazole rings is 1. The van der Waals surface area contributed by atoms with Crippen LogP contribution in [0, 0.1) is 6.92 Å². The van der Waals surface area contributed by atoms with Gasteiger partial charge in [0.15, 0.2) is 0 Å². The number of aromatic nitrogens is 2. The Bertz CT molecular complexity index is 895. The third-order valence-electron chi connectivity index (χ3n) is 5.08. The molecule has 1 amide bonds. The molecule has 0 unspecified atom stereocenters. The molecule has 1 saturated heterocycles. The van der Waals surface area contributed by atoms with E-state index in [0.29, 0.717) is 5.69 Å². The SMILES string of the molecule is Cc1cccn2cc(C(=O)NC3CCN(Cc4ccccc4)CC3)nc12. The zero-order valence-corrected chi connectivity index (χ0v) is 15.1. The van der Waals surface area contributed by atoms with Crippen LogP contribution in [0.25, 0.3) is 5.65 Å². The molecular formula is C21H24N4O. The van der Waals surface area contributed by atoms with Crippen LogP contribution in [-0.4, -0.2) is 39.3 Å². The minimum absolute atomic E-state index is 0.0744. The molecule has 1 N–H and O–H groups in total. The summed E-state index contributed by atoms with van der Waals surface area (Å²) in [6.45, 7) is 4.99. The second-order valence-electron chi connectivity index (χ2n) is 7.06. The number of rotatable bonds is 4. The summed E-state index contributed by atoms with van der Waals surface area (Å²) >= 11 is 0. The number of hydrogen-bond donors (Lipinski definition) is 1. The van der Waals surface area contributed by atoms with Gasteiger partial charge in [0, 0.05) is 38.1 Å². The molecular weight excluding hydrogens is 324 g/mol. The van der Waals surface area contributed by atoms with E-state index in [1.807, 2.05) is 41.9 Å². The van der Waals surface area contributed by atoms with Crippen molar-refractivity contribution in [1.29, 1.82) is 0 Å². The first kappa shape index (κ1) is 16.8. The van der Waals surface area contributed by atoms with Crippen LogP contribution >= 0.6 is 0 Å². The minimum Gasteiger partial charge on any atom is -0.348 e. The number of benzene rings is 1. The van der Waals surface area contributed by atoms with E-state index >= 15 is 0 Å². The Labute approximate surface area is 153 Å². The molecule has 1 aliphatic heterocycles. The van der Waals surface area contributed by atoms with Crippen LogP contribution in [0.1, 0.15) is 34.5 Å². The van der Waals surface area contributed by atoms with E-state index in [9.17, 15) is 4.79 Å². The van der Waals surface area contributed by atoms with Gasteiger partial charge in [-0.25, -0.2) is 4.98 Å². The molecule has 1 fully saturated rings. The Kier molecular flexibility index (Phi) is 4.71. The number of likely N-dealkylation sites (tertiary alicyclic amines) is 1. The lowest BCUT2D eigenvalue weighted by molar-refractivity contribution is 0.0904. The molecule has 3 aromatic rings. The van der Waals surface area contributed by atoms with Crippen LogP contribution in [-0.2, 0) is 6.54 Å². The van der Waals surface area contributed by atoms with Crippen molar-refractivity contribution in [2.45, 2.75) is 32.4 Å². The highest BCUT2D eigenvalue weighted by Gasteiger charge is 2.22. The highest BCUT2D eigenvalue weighted by molar-refractivity contribution is 5.93. The number of fused-ring (bicyclic) bond motifs is 1. The van der Waals surface area contributed by atoms with Crippen LogP contribution in [0.15, 0.2) is 54.9 Å². The molecule has 0 radical (unpaired) electrons. The molecule has 4 rings (SSSR count). The van der Waals surface area contributed by atoms with Gasteiger partial charge in [-0.3, -0.25) is 9.69 Å². The number of piperidine rings is 1. The number of nitrogens with one attached hydrogen (secondary N) is 1. The highest BCUT2D eigenvalue weighted by atomic mass is 16.2. The molecule has 0 aliphatic carbocycles. The Morgan fingerprint density at radius 3 is 2.65 bits per heavy atom. The summed E-state index contributed by atoms with van der Waals surface area (Å²) < 4.78 is 1.91. The summed E-state index contributed by atoms with van der Waals surface area (Å²) in [5, 5.41) is 3.16. The number of nitrogens with zero attached hydrogens (tertiary/aromatic N) is 3. The Balaban J connectivity index is 1.33.